The molecular formula is C11H13F2NO. The van der Waals surface area contributed by atoms with E-state index < -0.39 is 18.4 Å². The van der Waals surface area contributed by atoms with Crippen molar-refractivity contribution < 1.29 is 13.6 Å². The summed E-state index contributed by atoms with van der Waals surface area (Å²) in [6.45, 7) is 0.770. The first kappa shape index (κ1) is 11.6. The van der Waals surface area contributed by atoms with Gasteiger partial charge in [0.25, 0.3) is 11.8 Å². The lowest BCUT2D eigenvalue weighted by atomic mass is 10.2. The van der Waals surface area contributed by atoms with Gasteiger partial charge in [0.2, 0.25) is 0 Å². The molecule has 1 aromatic rings. The van der Waals surface area contributed by atoms with Crippen LogP contribution in [0.4, 0.5) is 8.78 Å². The molecule has 0 aliphatic rings. The van der Waals surface area contributed by atoms with Crippen molar-refractivity contribution in [2.45, 2.75) is 19.3 Å². The van der Waals surface area contributed by atoms with Crippen molar-refractivity contribution in [1.29, 1.82) is 0 Å². The molecule has 0 aliphatic carbocycles. The van der Waals surface area contributed by atoms with Gasteiger partial charge in [-0.2, -0.15) is 0 Å². The monoisotopic (exact) mass is 213 g/mol. The Hall–Kier alpha value is -1.45. The summed E-state index contributed by atoms with van der Waals surface area (Å²) < 4.78 is 25.6. The van der Waals surface area contributed by atoms with E-state index in [4.69, 9.17) is 0 Å². The number of rotatable bonds is 4. The Bertz CT molecular complexity index is 325. The standard InChI is InChI=1S/C11H13F2NO/c1-2-11(12,13)8-14-10(15)9-6-4-3-5-7-9/h3-7H,2,8H2,1H3,(H,14,15). The molecular weight excluding hydrogens is 200 g/mol. The zero-order chi connectivity index (χ0) is 11.3. The third-order valence-electron chi connectivity index (χ3n) is 2.06. The minimum absolute atomic E-state index is 0.276. The van der Waals surface area contributed by atoms with Crippen LogP contribution in [0.5, 0.6) is 0 Å². The number of amides is 1. The van der Waals surface area contributed by atoms with E-state index in [2.05, 4.69) is 5.32 Å². The van der Waals surface area contributed by atoms with Crippen LogP contribution in [0.25, 0.3) is 0 Å². The molecule has 1 rings (SSSR count). The highest BCUT2D eigenvalue weighted by atomic mass is 19.3. The van der Waals surface area contributed by atoms with Crippen LogP contribution in [0, 0.1) is 0 Å². The molecule has 0 bridgehead atoms. The average Bonchev–Trinajstić information content (AvgIpc) is 2.27. The van der Waals surface area contributed by atoms with Gasteiger partial charge in [0.15, 0.2) is 0 Å². The van der Waals surface area contributed by atoms with Gasteiger partial charge in [-0.25, -0.2) is 8.78 Å². The second-order valence-corrected chi connectivity index (χ2v) is 3.26. The SMILES string of the molecule is CCC(F)(F)CNC(=O)c1ccccc1. The predicted molar refractivity (Wildman–Crippen MR) is 54.0 cm³/mol. The molecule has 4 heteroatoms. The first-order chi connectivity index (χ1) is 7.05. The number of benzene rings is 1. The number of carbonyl (C=O) groups excluding carboxylic acids is 1. The number of hydrogen-bond acceptors (Lipinski definition) is 1. The Labute approximate surface area is 87.3 Å². The van der Waals surface area contributed by atoms with Crippen LogP contribution in [0.15, 0.2) is 30.3 Å². The van der Waals surface area contributed by atoms with Crippen LogP contribution in [0.1, 0.15) is 23.7 Å². The summed E-state index contributed by atoms with van der Waals surface area (Å²) in [4.78, 5) is 11.4. The van der Waals surface area contributed by atoms with Crippen molar-refractivity contribution in [1.82, 2.24) is 5.32 Å². The molecule has 82 valence electrons. The second kappa shape index (κ2) is 4.87. The molecule has 0 fully saturated rings. The Morgan fingerprint density at radius 2 is 1.93 bits per heavy atom. The van der Waals surface area contributed by atoms with Crippen LogP contribution >= 0.6 is 0 Å². The van der Waals surface area contributed by atoms with Crippen molar-refractivity contribution in [3.63, 3.8) is 0 Å². The highest BCUT2D eigenvalue weighted by Gasteiger charge is 2.26. The molecule has 0 atom stereocenters. The summed E-state index contributed by atoms with van der Waals surface area (Å²) in [5.74, 6) is -3.30. The molecule has 0 aliphatic heterocycles. The Morgan fingerprint density at radius 1 is 1.33 bits per heavy atom. The van der Waals surface area contributed by atoms with Gasteiger partial charge in [-0.15, -0.1) is 0 Å². The molecule has 0 aromatic heterocycles. The van der Waals surface area contributed by atoms with Gasteiger partial charge in [-0.05, 0) is 12.1 Å². The number of nitrogens with one attached hydrogen (secondary N) is 1. The quantitative estimate of drug-likeness (QED) is 0.817. The third kappa shape index (κ3) is 3.65. The fourth-order valence-electron chi connectivity index (χ4n) is 1.03. The van der Waals surface area contributed by atoms with Crippen LogP contribution < -0.4 is 5.32 Å². The average molecular weight is 213 g/mol. The number of carbonyl (C=O) groups is 1. The smallest absolute Gasteiger partial charge is 0.264 e. The first-order valence-corrected chi connectivity index (χ1v) is 4.76. The largest absolute Gasteiger partial charge is 0.346 e. The topological polar surface area (TPSA) is 29.1 Å². The third-order valence-corrected chi connectivity index (χ3v) is 2.06. The summed E-state index contributed by atoms with van der Waals surface area (Å²) in [6, 6.07) is 8.30. The van der Waals surface area contributed by atoms with Crippen molar-refractivity contribution in [2.24, 2.45) is 0 Å². The van der Waals surface area contributed by atoms with Gasteiger partial charge in [0.1, 0.15) is 0 Å². The fraction of sp³-hybridized carbons (Fsp3) is 0.364. The molecule has 0 radical (unpaired) electrons. The van der Waals surface area contributed by atoms with E-state index in [0.717, 1.165) is 0 Å². The summed E-state index contributed by atoms with van der Waals surface area (Å²) in [5.41, 5.74) is 0.393. The molecule has 0 heterocycles. The Kier molecular flexibility index (Phi) is 3.77. The number of hydrogen-bond donors (Lipinski definition) is 1. The van der Waals surface area contributed by atoms with Gasteiger partial charge < -0.3 is 5.32 Å². The van der Waals surface area contributed by atoms with E-state index in [0.29, 0.717) is 5.56 Å². The van der Waals surface area contributed by atoms with Crippen LogP contribution in [-0.2, 0) is 0 Å². The van der Waals surface area contributed by atoms with E-state index in [-0.39, 0.29) is 6.42 Å². The number of alkyl halides is 2. The van der Waals surface area contributed by atoms with Gasteiger partial charge in [0, 0.05) is 12.0 Å². The molecule has 15 heavy (non-hydrogen) atoms. The van der Waals surface area contributed by atoms with Crippen LogP contribution in [0.2, 0.25) is 0 Å². The molecule has 1 N–H and O–H groups in total. The second-order valence-electron chi connectivity index (χ2n) is 3.26. The van der Waals surface area contributed by atoms with Gasteiger partial charge >= 0.3 is 0 Å². The fourth-order valence-corrected chi connectivity index (χ4v) is 1.03. The van der Waals surface area contributed by atoms with Crippen molar-refractivity contribution in [3.8, 4) is 0 Å². The molecule has 1 amide bonds. The minimum Gasteiger partial charge on any atom is -0.346 e. The zero-order valence-corrected chi connectivity index (χ0v) is 8.47. The molecule has 0 unspecified atom stereocenters. The lowest BCUT2D eigenvalue weighted by Gasteiger charge is -2.14. The Balaban J connectivity index is 2.51. The van der Waals surface area contributed by atoms with E-state index in [1.54, 1.807) is 30.3 Å². The van der Waals surface area contributed by atoms with Crippen LogP contribution in [-0.4, -0.2) is 18.4 Å². The van der Waals surface area contributed by atoms with Gasteiger partial charge in [-0.3, -0.25) is 4.79 Å². The normalized spacial score (nSPS) is 11.1. The maximum atomic E-state index is 12.8. The molecule has 1 aromatic carbocycles. The van der Waals surface area contributed by atoms with E-state index >= 15 is 0 Å². The lowest BCUT2D eigenvalue weighted by Crippen LogP contribution is -2.36. The molecule has 0 spiro atoms. The molecule has 0 saturated heterocycles. The highest BCUT2D eigenvalue weighted by molar-refractivity contribution is 5.94. The summed E-state index contributed by atoms with van der Waals surface area (Å²) in [5, 5.41) is 2.20. The van der Waals surface area contributed by atoms with E-state index in [1.165, 1.54) is 6.92 Å². The van der Waals surface area contributed by atoms with E-state index in [1.807, 2.05) is 0 Å². The molecule has 2 nitrogen and oxygen atoms in total. The van der Waals surface area contributed by atoms with Crippen molar-refractivity contribution >= 4 is 5.91 Å². The zero-order valence-electron chi connectivity index (χ0n) is 8.47. The first-order valence-electron chi connectivity index (χ1n) is 4.76. The van der Waals surface area contributed by atoms with Gasteiger partial charge in [0.05, 0.1) is 6.54 Å². The molecule has 0 saturated carbocycles. The van der Waals surface area contributed by atoms with Crippen LogP contribution in [0.3, 0.4) is 0 Å². The summed E-state index contributed by atoms with van der Waals surface area (Å²) in [6.07, 6.45) is -0.276. The number of halogens is 2. The van der Waals surface area contributed by atoms with E-state index in [9.17, 15) is 13.6 Å². The van der Waals surface area contributed by atoms with Crippen molar-refractivity contribution in [2.75, 3.05) is 6.54 Å². The summed E-state index contributed by atoms with van der Waals surface area (Å²) in [7, 11) is 0. The Morgan fingerprint density at radius 3 is 2.47 bits per heavy atom. The highest BCUT2D eigenvalue weighted by Crippen LogP contribution is 2.15. The summed E-state index contributed by atoms with van der Waals surface area (Å²) >= 11 is 0. The van der Waals surface area contributed by atoms with Gasteiger partial charge in [-0.1, -0.05) is 25.1 Å². The van der Waals surface area contributed by atoms with Crippen molar-refractivity contribution in [3.05, 3.63) is 35.9 Å². The minimum atomic E-state index is -2.83. The maximum absolute atomic E-state index is 12.8. The maximum Gasteiger partial charge on any atom is 0.264 e. The predicted octanol–water partition coefficient (Wildman–Crippen LogP) is 2.46. The lowest BCUT2D eigenvalue weighted by molar-refractivity contribution is -0.00101.